The van der Waals surface area contributed by atoms with Crippen molar-refractivity contribution in [1.29, 1.82) is 0 Å². The van der Waals surface area contributed by atoms with Gasteiger partial charge in [0.05, 0.1) is 11.7 Å². The Balaban J connectivity index is 2.19. The van der Waals surface area contributed by atoms with Crippen molar-refractivity contribution in [3.63, 3.8) is 0 Å². The largest absolute Gasteiger partial charge is 0.416 e. The molecule has 0 unspecified atom stereocenters. The molecule has 2 rings (SSSR count). The summed E-state index contributed by atoms with van der Waals surface area (Å²) in [6.45, 7) is 0. The molecule has 92 valence electrons. The lowest BCUT2D eigenvalue weighted by Crippen LogP contribution is -2.10. The van der Waals surface area contributed by atoms with Crippen LogP contribution >= 0.6 is 0 Å². The molecule has 4 heteroatoms. The van der Waals surface area contributed by atoms with Gasteiger partial charge in [0, 0.05) is 0 Å². The van der Waals surface area contributed by atoms with Crippen LogP contribution in [0.4, 0.5) is 13.2 Å². The van der Waals surface area contributed by atoms with E-state index in [0.29, 0.717) is 19.3 Å². The molecule has 1 aliphatic carbocycles. The zero-order chi connectivity index (χ0) is 12.5. The molecule has 0 saturated heterocycles. The molecule has 1 N–H and O–H groups in total. The third-order valence-corrected chi connectivity index (χ3v) is 2.97. The summed E-state index contributed by atoms with van der Waals surface area (Å²) in [5.41, 5.74) is 1.20. The van der Waals surface area contributed by atoms with Crippen molar-refractivity contribution in [3.8, 4) is 0 Å². The average molecular weight is 242 g/mol. The molecular weight excluding hydrogens is 229 g/mol. The van der Waals surface area contributed by atoms with Gasteiger partial charge in [-0.15, -0.1) is 0 Å². The Kier molecular flexibility index (Phi) is 3.24. The zero-order valence-corrected chi connectivity index (χ0v) is 9.17. The van der Waals surface area contributed by atoms with E-state index in [4.69, 9.17) is 0 Å². The van der Waals surface area contributed by atoms with E-state index >= 15 is 0 Å². The maximum atomic E-state index is 12.4. The zero-order valence-electron chi connectivity index (χ0n) is 9.17. The highest BCUT2D eigenvalue weighted by molar-refractivity contribution is 5.66. The summed E-state index contributed by atoms with van der Waals surface area (Å²) in [4.78, 5) is 0. The number of benzene rings is 1. The fraction of sp³-hybridized carbons (Fsp3) is 0.385. The highest BCUT2D eigenvalue weighted by Crippen LogP contribution is 2.32. The van der Waals surface area contributed by atoms with Crippen LogP contribution in [0.5, 0.6) is 0 Å². The Morgan fingerprint density at radius 1 is 1.12 bits per heavy atom. The van der Waals surface area contributed by atoms with Crippen molar-refractivity contribution in [2.75, 3.05) is 0 Å². The number of aliphatic hydroxyl groups is 1. The van der Waals surface area contributed by atoms with Gasteiger partial charge >= 0.3 is 6.18 Å². The van der Waals surface area contributed by atoms with Gasteiger partial charge in [-0.2, -0.15) is 13.2 Å². The van der Waals surface area contributed by atoms with Crippen molar-refractivity contribution in [1.82, 2.24) is 0 Å². The first-order valence-corrected chi connectivity index (χ1v) is 5.51. The Labute approximate surface area is 97.6 Å². The first-order chi connectivity index (χ1) is 7.97. The standard InChI is InChI=1S/C13H13F3O/c14-13(15,16)11-5-1-9(2-6-11)10-3-7-12(17)8-4-10/h1-3,5-6,12,17H,4,7-8H2/t12-/m0/s1. The van der Waals surface area contributed by atoms with E-state index in [-0.39, 0.29) is 6.10 Å². The molecule has 1 aromatic rings. The van der Waals surface area contributed by atoms with Crippen molar-refractivity contribution in [2.45, 2.75) is 31.5 Å². The van der Waals surface area contributed by atoms with E-state index in [1.807, 2.05) is 6.08 Å². The second-order valence-corrected chi connectivity index (χ2v) is 4.23. The minimum atomic E-state index is -4.28. The number of halogens is 3. The van der Waals surface area contributed by atoms with E-state index in [2.05, 4.69) is 0 Å². The number of rotatable bonds is 1. The van der Waals surface area contributed by atoms with E-state index < -0.39 is 11.7 Å². The third kappa shape index (κ3) is 2.88. The second-order valence-electron chi connectivity index (χ2n) is 4.23. The highest BCUT2D eigenvalue weighted by atomic mass is 19.4. The fourth-order valence-electron chi connectivity index (χ4n) is 1.96. The first kappa shape index (κ1) is 12.2. The van der Waals surface area contributed by atoms with Crippen LogP contribution in [0.1, 0.15) is 30.4 Å². The number of alkyl halides is 3. The number of hydrogen-bond acceptors (Lipinski definition) is 1. The Bertz CT molecular complexity index is 417. The van der Waals surface area contributed by atoms with Crippen molar-refractivity contribution >= 4 is 5.57 Å². The van der Waals surface area contributed by atoms with Crippen LogP contribution < -0.4 is 0 Å². The van der Waals surface area contributed by atoms with Gasteiger partial charge in [0.25, 0.3) is 0 Å². The van der Waals surface area contributed by atoms with Crippen LogP contribution in [-0.4, -0.2) is 11.2 Å². The molecule has 0 radical (unpaired) electrons. The van der Waals surface area contributed by atoms with E-state index in [1.165, 1.54) is 12.1 Å². The van der Waals surface area contributed by atoms with Gasteiger partial charge in [0.2, 0.25) is 0 Å². The predicted molar refractivity (Wildman–Crippen MR) is 59.3 cm³/mol. The van der Waals surface area contributed by atoms with Crippen molar-refractivity contribution < 1.29 is 18.3 Å². The molecule has 0 aromatic heterocycles. The van der Waals surface area contributed by atoms with Crippen LogP contribution in [0.25, 0.3) is 5.57 Å². The van der Waals surface area contributed by atoms with E-state index in [9.17, 15) is 18.3 Å². The second kappa shape index (κ2) is 4.53. The lowest BCUT2D eigenvalue weighted by atomic mass is 9.92. The Hall–Kier alpha value is -1.29. The minimum Gasteiger partial charge on any atom is -0.393 e. The fourth-order valence-corrected chi connectivity index (χ4v) is 1.96. The molecule has 0 spiro atoms. The molecular formula is C13H13F3O. The monoisotopic (exact) mass is 242 g/mol. The Morgan fingerprint density at radius 2 is 1.76 bits per heavy atom. The van der Waals surface area contributed by atoms with Gasteiger partial charge in [-0.05, 0) is 42.5 Å². The van der Waals surface area contributed by atoms with Crippen molar-refractivity contribution in [2.24, 2.45) is 0 Å². The van der Waals surface area contributed by atoms with Gasteiger partial charge in [-0.25, -0.2) is 0 Å². The molecule has 1 nitrogen and oxygen atoms in total. The van der Waals surface area contributed by atoms with Gasteiger partial charge in [0.1, 0.15) is 0 Å². The molecule has 17 heavy (non-hydrogen) atoms. The van der Waals surface area contributed by atoms with Gasteiger partial charge in [-0.1, -0.05) is 18.2 Å². The normalized spacial score (nSPS) is 21.2. The molecule has 0 aliphatic heterocycles. The minimum absolute atomic E-state index is 0.312. The van der Waals surface area contributed by atoms with Gasteiger partial charge in [0.15, 0.2) is 0 Å². The SMILES string of the molecule is O[C@H]1CC=C(c2ccc(C(F)(F)F)cc2)CC1. The molecule has 0 bridgehead atoms. The number of aliphatic hydroxyl groups excluding tert-OH is 1. The summed E-state index contributed by atoms with van der Waals surface area (Å²) in [6.07, 6.45) is -0.726. The van der Waals surface area contributed by atoms with Crippen LogP contribution in [0.15, 0.2) is 30.3 Å². The summed E-state index contributed by atoms with van der Waals surface area (Å²) in [5, 5.41) is 9.33. The van der Waals surface area contributed by atoms with Crippen LogP contribution in [-0.2, 0) is 6.18 Å². The van der Waals surface area contributed by atoms with E-state index in [1.54, 1.807) is 0 Å². The Morgan fingerprint density at radius 3 is 2.24 bits per heavy atom. The topological polar surface area (TPSA) is 20.2 Å². The summed E-state index contributed by atoms with van der Waals surface area (Å²) in [6, 6.07) is 5.18. The van der Waals surface area contributed by atoms with Crippen molar-refractivity contribution in [3.05, 3.63) is 41.5 Å². The maximum absolute atomic E-state index is 12.4. The molecule has 0 fully saturated rings. The lowest BCUT2D eigenvalue weighted by molar-refractivity contribution is -0.137. The quantitative estimate of drug-likeness (QED) is 0.797. The molecule has 1 atom stereocenters. The van der Waals surface area contributed by atoms with E-state index in [0.717, 1.165) is 23.3 Å². The summed E-state index contributed by atoms with van der Waals surface area (Å²) in [7, 11) is 0. The number of hydrogen-bond donors (Lipinski definition) is 1. The molecule has 0 heterocycles. The van der Waals surface area contributed by atoms with Crippen LogP contribution in [0.3, 0.4) is 0 Å². The summed E-state index contributed by atoms with van der Waals surface area (Å²) < 4.78 is 37.1. The molecule has 1 aliphatic rings. The smallest absolute Gasteiger partial charge is 0.393 e. The van der Waals surface area contributed by atoms with Gasteiger partial charge in [-0.3, -0.25) is 0 Å². The lowest BCUT2D eigenvalue weighted by Gasteiger charge is -2.18. The third-order valence-electron chi connectivity index (χ3n) is 2.97. The molecule has 0 saturated carbocycles. The summed E-state index contributed by atoms with van der Waals surface area (Å²) in [5.74, 6) is 0. The maximum Gasteiger partial charge on any atom is 0.416 e. The summed E-state index contributed by atoms with van der Waals surface area (Å²) >= 11 is 0. The predicted octanol–water partition coefficient (Wildman–Crippen LogP) is 3.63. The molecule has 1 aromatic carbocycles. The highest BCUT2D eigenvalue weighted by Gasteiger charge is 2.30. The average Bonchev–Trinajstić information content (AvgIpc) is 2.29. The van der Waals surface area contributed by atoms with Gasteiger partial charge < -0.3 is 5.11 Å². The van der Waals surface area contributed by atoms with Crippen LogP contribution in [0.2, 0.25) is 0 Å². The molecule has 0 amide bonds. The first-order valence-electron chi connectivity index (χ1n) is 5.51. The number of allylic oxidation sites excluding steroid dienone is 1. The van der Waals surface area contributed by atoms with Crippen LogP contribution in [0, 0.1) is 0 Å².